The van der Waals surface area contributed by atoms with Crippen molar-refractivity contribution in [3.8, 4) is 0 Å². The number of rotatable bonds is 0. The second-order valence-electron chi connectivity index (χ2n) is 8.90. The molecule has 122 valence electrons. The van der Waals surface area contributed by atoms with E-state index in [9.17, 15) is 9.90 Å². The van der Waals surface area contributed by atoms with Gasteiger partial charge >= 0.3 is 0 Å². The quantitative estimate of drug-likeness (QED) is 0.723. The van der Waals surface area contributed by atoms with Crippen molar-refractivity contribution in [1.29, 1.82) is 0 Å². The van der Waals surface area contributed by atoms with Crippen LogP contribution in [0.3, 0.4) is 0 Å². The fourth-order valence-corrected chi connectivity index (χ4v) is 6.66. The number of amides is 1. The first-order chi connectivity index (χ1) is 10.4. The molecule has 1 heterocycles. The molecule has 8 atom stereocenters. The van der Waals surface area contributed by atoms with Gasteiger partial charge in [-0.05, 0) is 67.3 Å². The number of hydrogen-bond donors (Lipinski definition) is 2. The topological polar surface area (TPSA) is 49.3 Å². The van der Waals surface area contributed by atoms with Gasteiger partial charge in [0.15, 0.2) is 0 Å². The van der Waals surface area contributed by atoms with E-state index in [2.05, 4.69) is 32.2 Å². The van der Waals surface area contributed by atoms with Gasteiger partial charge in [-0.2, -0.15) is 0 Å². The van der Waals surface area contributed by atoms with E-state index in [1.807, 2.05) is 0 Å². The lowest BCUT2D eigenvalue weighted by atomic mass is 9.46. The van der Waals surface area contributed by atoms with Crippen molar-refractivity contribution in [1.82, 2.24) is 5.32 Å². The molecule has 0 aromatic carbocycles. The van der Waals surface area contributed by atoms with Crippen molar-refractivity contribution in [2.75, 3.05) is 0 Å². The predicted molar refractivity (Wildman–Crippen MR) is 86.0 cm³/mol. The van der Waals surface area contributed by atoms with E-state index in [1.54, 1.807) is 6.08 Å². The molecule has 3 saturated carbocycles. The van der Waals surface area contributed by atoms with Crippen LogP contribution in [0.4, 0.5) is 0 Å². The number of aliphatic hydroxyl groups is 1. The molecule has 1 amide bonds. The van der Waals surface area contributed by atoms with E-state index in [4.69, 9.17) is 0 Å². The SMILES string of the molecule is CC1CC2NC(=O)C=C[C@]2(C)[C@@H]2CC[C@]3(C)C(O)CC[C@H]3[C@H]12. The zero-order valence-electron chi connectivity index (χ0n) is 14.0. The molecule has 3 heteroatoms. The largest absolute Gasteiger partial charge is 0.393 e. The minimum Gasteiger partial charge on any atom is -0.393 e. The van der Waals surface area contributed by atoms with Crippen LogP contribution in [0.2, 0.25) is 0 Å². The average Bonchev–Trinajstić information content (AvgIpc) is 2.77. The maximum absolute atomic E-state index is 11.8. The van der Waals surface area contributed by atoms with Gasteiger partial charge in [0.2, 0.25) is 5.91 Å². The van der Waals surface area contributed by atoms with Crippen LogP contribution in [0.25, 0.3) is 0 Å². The molecule has 1 aliphatic heterocycles. The number of aliphatic hydroxyl groups excluding tert-OH is 1. The molecule has 22 heavy (non-hydrogen) atoms. The normalized spacial score (nSPS) is 56.8. The first kappa shape index (κ1) is 14.7. The monoisotopic (exact) mass is 303 g/mol. The molecule has 3 aliphatic carbocycles. The van der Waals surface area contributed by atoms with Crippen LogP contribution < -0.4 is 5.32 Å². The Labute approximate surface area is 133 Å². The molecule has 3 fully saturated rings. The summed E-state index contributed by atoms with van der Waals surface area (Å²) in [4.78, 5) is 11.8. The Morgan fingerprint density at radius 1 is 1.23 bits per heavy atom. The zero-order valence-corrected chi connectivity index (χ0v) is 14.0. The van der Waals surface area contributed by atoms with Gasteiger partial charge in [0, 0.05) is 11.5 Å². The summed E-state index contributed by atoms with van der Waals surface area (Å²) in [6, 6.07) is 0.289. The van der Waals surface area contributed by atoms with Crippen molar-refractivity contribution in [2.24, 2.45) is 34.5 Å². The van der Waals surface area contributed by atoms with Crippen LogP contribution in [0.5, 0.6) is 0 Å². The molecule has 2 N–H and O–H groups in total. The summed E-state index contributed by atoms with van der Waals surface area (Å²) in [5, 5.41) is 13.7. The standard InChI is InChI=1S/C19H29NO2/c1-11-10-14-18(2,9-7-16(22)20-14)13-6-8-19(3)12(17(11)13)4-5-15(19)21/h7,9,11-15,17,21H,4-6,8,10H2,1-3H3,(H,20,22)/t11?,12-,13+,14?,15?,17-,18+,19-/m0/s1. The molecule has 4 aliphatic rings. The summed E-state index contributed by atoms with van der Waals surface area (Å²) in [5.74, 6) is 2.69. The van der Waals surface area contributed by atoms with E-state index < -0.39 is 0 Å². The van der Waals surface area contributed by atoms with Gasteiger partial charge in [0.25, 0.3) is 0 Å². The van der Waals surface area contributed by atoms with Gasteiger partial charge in [0.05, 0.1) is 6.10 Å². The number of carbonyl (C=O) groups is 1. The fourth-order valence-electron chi connectivity index (χ4n) is 6.66. The van der Waals surface area contributed by atoms with Crippen LogP contribution in [0, 0.1) is 34.5 Å². The molecule has 0 saturated heterocycles. The number of nitrogens with one attached hydrogen (secondary N) is 1. The molecule has 0 radical (unpaired) electrons. The Kier molecular flexibility index (Phi) is 3.08. The Bertz CT molecular complexity index is 530. The van der Waals surface area contributed by atoms with Gasteiger partial charge in [-0.25, -0.2) is 0 Å². The van der Waals surface area contributed by atoms with E-state index in [0.717, 1.165) is 19.3 Å². The maximum Gasteiger partial charge on any atom is 0.243 e. The fraction of sp³-hybridized carbons (Fsp3) is 0.842. The summed E-state index contributed by atoms with van der Waals surface area (Å²) in [7, 11) is 0. The van der Waals surface area contributed by atoms with Gasteiger partial charge in [-0.15, -0.1) is 0 Å². The van der Waals surface area contributed by atoms with Gasteiger partial charge in [0.1, 0.15) is 0 Å². The lowest BCUT2D eigenvalue weighted by Crippen LogP contribution is -2.61. The second-order valence-corrected chi connectivity index (χ2v) is 8.90. The summed E-state index contributed by atoms with van der Waals surface area (Å²) in [6.45, 7) is 7.05. The lowest BCUT2D eigenvalue weighted by Gasteiger charge is -2.60. The molecule has 4 rings (SSSR count). The Hall–Kier alpha value is -0.830. The molecular formula is C19H29NO2. The van der Waals surface area contributed by atoms with Crippen LogP contribution in [-0.2, 0) is 4.79 Å². The highest BCUT2D eigenvalue weighted by Gasteiger charge is 2.61. The summed E-state index contributed by atoms with van der Waals surface area (Å²) in [5.41, 5.74) is 0.222. The van der Waals surface area contributed by atoms with Crippen molar-refractivity contribution in [3.63, 3.8) is 0 Å². The van der Waals surface area contributed by atoms with E-state index >= 15 is 0 Å². The molecule has 0 bridgehead atoms. The number of fused-ring (bicyclic) bond motifs is 5. The molecule has 0 spiro atoms. The van der Waals surface area contributed by atoms with Gasteiger partial charge < -0.3 is 10.4 Å². The van der Waals surface area contributed by atoms with E-state index in [1.165, 1.54) is 12.8 Å². The van der Waals surface area contributed by atoms with E-state index in [-0.39, 0.29) is 28.9 Å². The van der Waals surface area contributed by atoms with Crippen molar-refractivity contribution in [3.05, 3.63) is 12.2 Å². The van der Waals surface area contributed by atoms with Gasteiger partial charge in [-0.3, -0.25) is 4.79 Å². The van der Waals surface area contributed by atoms with Crippen LogP contribution >= 0.6 is 0 Å². The molecular weight excluding hydrogens is 274 g/mol. The average molecular weight is 303 g/mol. The first-order valence-electron chi connectivity index (χ1n) is 9.04. The minimum absolute atomic E-state index is 0.0741. The van der Waals surface area contributed by atoms with Crippen molar-refractivity contribution < 1.29 is 9.90 Å². The van der Waals surface area contributed by atoms with Gasteiger partial charge in [-0.1, -0.05) is 26.8 Å². The Balaban J connectivity index is 1.73. The summed E-state index contributed by atoms with van der Waals surface area (Å²) >= 11 is 0. The van der Waals surface area contributed by atoms with Crippen molar-refractivity contribution >= 4 is 5.91 Å². The Morgan fingerprint density at radius 2 is 2.00 bits per heavy atom. The third kappa shape index (κ3) is 1.75. The third-order valence-electron chi connectivity index (χ3n) is 8.01. The smallest absolute Gasteiger partial charge is 0.243 e. The second kappa shape index (κ2) is 4.59. The zero-order chi connectivity index (χ0) is 15.7. The van der Waals surface area contributed by atoms with Crippen molar-refractivity contribution in [2.45, 2.75) is 65.0 Å². The van der Waals surface area contributed by atoms with Crippen LogP contribution in [0.1, 0.15) is 52.9 Å². The van der Waals surface area contributed by atoms with E-state index in [0.29, 0.717) is 23.7 Å². The third-order valence-corrected chi connectivity index (χ3v) is 8.01. The molecule has 3 nitrogen and oxygen atoms in total. The highest BCUT2D eigenvalue weighted by atomic mass is 16.3. The highest BCUT2D eigenvalue weighted by molar-refractivity contribution is 5.89. The summed E-state index contributed by atoms with van der Waals surface area (Å²) < 4.78 is 0. The summed E-state index contributed by atoms with van der Waals surface area (Å²) in [6.07, 6.45) is 9.40. The Morgan fingerprint density at radius 3 is 2.77 bits per heavy atom. The number of carbonyl (C=O) groups excluding carboxylic acids is 1. The highest BCUT2D eigenvalue weighted by Crippen LogP contribution is 2.64. The number of hydrogen-bond acceptors (Lipinski definition) is 2. The molecule has 0 aromatic rings. The van der Waals surface area contributed by atoms with Crippen LogP contribution in [-0.4, -0.2) is 23.2 Å². The first-order valence-corrected chi connectivity index (χ1v) is 9.04. The maximum atomic E-state index is 11.8. The minimum atomic E-state index is -0.113. The predicted octanol–water partition coefficient (Wildman–Crippen LogP) is 2.89. The lowest BCUT2D eigenvalue weighted by molar-refractivity contribution is -0.127. The molecule has 3 unspecified atom stereocenters. The van der Waals surface area contributed by atoms with Crippen LogP contribution in [0.15, 0.2) is 12.2 Å². The molecule has 0 aromatic heterocycles.